The van der Waals surface area contributed by atoms with Crippen molar-refractivity contribution in [3.8, 4) is 11.1 Å². The lowest BCUT2D eigenvalue weighted by Crippen LogP contribution is -2.05. The highest BCUT2D eigenvalue weighted by molar-refractivity contribution is 5.82. The molecule has 0 aromatic heterocycles. The number of hydrogen-bond donors (Lipinski definition) is 0. The number of allylic oxidation sites excluding steroid dienone is 5. The molecule has 22 heavy (non-hydrogen) atoms. The lowest BCUT2D eigenvalue weighted by Gasteiger charge is -2.21. The zero-order valence-electron chi connectivity index (χ0n) is 13.1. The van der Waals surface area contributed by atoms with Crippen LogP contribution >= 0.6 is 0 Å². The van der Waals surface area contributed by atoms with Crippen LogP contribution in [0.4, 0.5) is 0 Å². The summed E-state index contributed by atoms with van der Waals surface area (Å²) in [6.07, 6.45) is 9.00. The van der Waals surface area contributed by atoms with Gasteiger partial charge in [-0.25, -0.2) is 0 Å². The summed E-state index contributed by atoms with van der Waals surface area (Å²) in [5, 5.41) is 0. The van der Waals surface area contributed by atoms with Crippen molar-refractivity contribution in [2.75, 3.05) is 0 Å². The third-order valence-corrected chi connectivity index (χ3v) is 4.30. The molecule has 0 aliphatic heterocycles. The van der Waals surface area contributed by atoms with E-state index >= 15 is 0 Å². The largest absolute Gasteiger partial charge is 0.0946 e. The Morgan fingerprint density at radius 1 is 0.864 bits per heavy atom. The van der Waals surface area contributed by atoms with Crippen molar-refractivity contribution in [3.63, 3.8) is 0 Å². The predicted octanol–water partition coefficient (Wildman–Crippen LogP) is 6.28. The van der Waals surface area contributed by atoms with Crippen LogP contribution in [0.25, 0.3) is 16.7 Å². The zero-order valence-corrected chi connectivity index (χ0v) is 13.1. The minimum atomic E-state index is 0.485. The maximum Gasteiger partial charge on any atom is 0.00212 e. The van der Waals surface area contributed by atoms with Crippen molar-refractivity contribution in [1.29, 1.82) is 0 Å². The van der Waals surface area contributed by atoms with Gasteiger partial charge in [-0.3, -0.25) is 0 Å². The second-order valence-corrected chi connectivity index (χ2v) is 5.83. The quantitative estimate of drug-likeness (QED) is 0.620. The van der Waals surface area contributed by atoms with Gasteiger partial charge in [0.05, 0.1) is 0 Å². The Hall–Kier alpha value is -2.34. The van der Waals surface area contributed by atoms with E-state index in [1.807, 2.05) is 0 Å². The van der Waals surface area contributed by atoms with E-state index in [-0.39, 0.29) is 0 Å². The van der Waals surface area contributed by atoms with Crippen molar-refractivity contribution in [2.24, 2.45) is 5.92 Å². The van der Waals surface area contributed by atoms with Gasteiger partial charge in [0.15, 0.2) is 0 Å². The summed E-state index contributed by atoms with van der Waals surface area (Å²) in [5.74, 6) is 0.485. The van der Waals surface area contributed by atoms with E-state index in [0.29, 0.717) is 5.92 Å². The standard InChI is InChI=1S/C22H22/c1-3-8-18-11-7-12-22(17(18)2)21-15-13-20(14-16-21)19-9-5-4-6-10-19/h4-7,9-16,18H,2-3,8H2,1H3. The fraction of sp³-hybridized carbons (Fsp3) is 0.182. The summed E-state index contributed by atoms with van der Waals surface area (Å²) in [6, 6.07) is 19.3. The van der Waals surface area contributed by atoms with Gasteiger partial charge in [-0.15, -0.1) is 0 Å². The van der Waals surface area contributed by atoms with E-state index in [4.69, 9.17) is 0 Å². The smallest absolute Gasteiger partial charge is 0.00212 e. The topological polar surface area (TPSA) is 0 Å². The van der Waals surface area contributed by atoms with Crippen LogP contribution in [0.1, 0.15) is 25.3 Å². The lowest BCUT2D eigenvalue weighted by molar-refractivity contribution is 0.671. The fourth-order valence-electron chi connectivity index (χ4n) is 3.04. The van der Waals surface area contributed by atoms with Gasteiger partial charge in [-0.2, -0.15) is 0 Å². The molecule has 3 rings (SSSR count). The van der Waals surface area contributed by atoms with Crippen LogP contribution in [0, 0.1) is 5.92 Å². The SMILES string of the molecule is C=C1C(c2ccc(-c3ccccc3)cc2)=CC=CC1CCC. The molecule has 0 bridgehead atoms. The Morgan fingerprint density at radius 2 is 1.50 bits per heavy atom. The molecule has 1 aliphatic carbocycles. The molecule has 0 heteroatoms. The van der Waals surface area contributed by atoms with Crippen molar-refractivity contribution in [1.82, 2.24) is 0 Å². The molecule has 0 nitrogen and oxygen atoms in total. The number of rotatable bonds is 4. The highest BCUT2D eigenvalue weighted by Crippen LogP contribution is 2.34. The summed E-state index contributed by atoms with van der Waals surface area (Å²) < 4.78 is 0. The Bertz CT molecular complexity index is 699. The third kappa shape index (κ3) is 2.96. The van der Waals surface area contributed by atoms with Gasteiger partial charge in [0.1, 0.15) is 0 Å². The number of hydrogen-bond acceptors (Lipinski definition) is 0. The second kappa shape index (κ2) is 6.62. The Kier molecular flexibility index (Phi) is 4.39. The Balaban J connectivity index is 1.86. The van der Waals surface area contributed by atoms with Gasteiger partial charge in [-0.05, 0) is 34.3 Å². The van der Waals surface area contributed by atoms with E-state index < -0.39 is 0 Å². The van der Waals surface area contributed by atoms with E-state index in [2.05, 4.69) is 86.3 Å². The lowest BCUT2D eigenvalue weighted by atomic mass is 9.83. The minimum absolute atomic E-state index is 0.485. The van der Waals surface area contributed by atoms with Crippen molar-refractivity contribution >= 4 is 5.57 Å². The van der Waals surface area contributed by atoms with E-state index in [0.717, 1.165) is 0 Å². The normalized spacial score (nSPS) is 17.4. The van der Waals surface area contributed by atoms with Crippen molar-refractivity contribution in [3.05, 3.63) is 90.5 Å². The Morgan fingerprint density at radius 3 is 2.18 bits per heavy atom. The van der Waals surface area contributed by atoms with Gasteiger partial charge < -0.3 is 0 Å². The molecule has 0 spiro atoms. The van der Waals surface area contributed by atoms with Crippen LogP contribution in [-0.2, 0) is 0 Å². The molecule has 0 amide bonds. The van der Waals surface area contributed by atoms with E-state index in [9.17, 15) is 0 Å². The molecule has 1 aliphatic rings. The molecule has 0 radical (unpaired) electrons. The van der Waals surface area contributed by atoms with Crippen LogP contribution in [0.3, 0.4) is 0 Å². The molecule has 0 N–H and O–H groups in total. The molecule has 1 atom stereocenters. The molecular formula is C22H22. The van der Waals surface area contributed by atoms with Gasteiger partial charge in [-0.1, -0.05) is 92.7 Å². The first-order valence-corrected chi connectivity index (χ1v) is 8.03. The van der Waals surface area contributed by atoms with E-state index in [1.165, 1.54) is 40.7 Å². The molecule has 2 aromatic carbocycles. The molecule has 0 saturated carbocycles. The minimum Gasteiger partial charge on any atom is -0.0946 e. The van der Waals surface area contributed by atoms with Gasteiger partial charge >= 0.3 is 0 Å². The highest BCUT2D eigenvalue weighted by atomic mass is 14.2. The van der Waals surface area contributed by atoms with E-state index in [1.54, 1.807) is 0 Å². The Labute approximate surface area is 133 Å². The van der Waals surface area contributed by atoms with Crippen LogP contribution in [0.5, 0.6) is 0 Å². The maximum absolute atomic E-state index is 4.33. The predicted molar refractivity (Wildman–Crippen MR) is 96.5 cm³/mol. The second-order valence-electron chi connectivity index (χ2n) is 5.83. The third-order valence-electron chi connectivity index (χ3n) is 4.30. The maximum atomic E-state index is 4.33. The van der Waals surface area contributed by atoms with Crippen molar-refractivity contribution in [2.45, 2.75) is 19.8 Å². The van der Waals surface area contributed by atoms with Crippen LogP contribution < -0.4 is 0 Å². The van der Waals surface area contributed by atoms with Crippen LogP contribution in [0.15, 0.2) is 85.0 Å². The molecule has 0 saturated heterocycles. The first-order chi connectivity index (χ1) is 10.8. The van der Waals surface area contributed by atoms with Crippen LogP contribution in [0.2, 0.25) is 0 Å². The van der Waals surface area contributed by atoms with Crippen molar-refractivity contribution < 1.29 is 0 Å². The van der Waals surface area contributed by atoms with Gasteiger partial charge in [0.2, 0.25) is 0 Å². The monoisotopic (exact) mass is 286 g/mol. The molecule has 0 fully saturated rings. The fourth-order valence-corrected chi connectivity index (χ4v) is 3.04. The summed E-state index contributed by atoms with van der Waals surface area (Å²) in [7, 11) is 0. The highest BCUT2D eigenvalue weighted by Gasteiger charge is 2.16. The zero-order chi connectivity index (χ0) is 15.4. The molecule has 110 valence electrons. The summed E-state index contributed by atoms with van der Waals surface area (Å²) >= 11 is 0. The molecule has 2 aromatic rings. The first kappa shape index (κ1) is 14.6. The summed E-state index contributed by atoms with van der Waals surface area (Å²) in [4.78, 5) is 0. The van der Waals surface area contributed by atoms with Gasteiger partial charge in [0, 0.05) is 5.92 Å². The van der Waals surface area contributed by atoms with Crippen LogP contribution in [-0.4, -0.2) is 0 Å². The van der Waals surface area contributed by atoms with Gasteiger partial charge in [0.25, 0.3) is 0 Å². The number of benzene rings is 2. The molecule has 0 heterocycles. The molecular weight excluding hydrogens is 264 g/mol. The molecule has 1 unspecified atom stereocenters. The average molecular weight is 286 g/mol. The summed E-state index contributed by atoms with van der Waals surface area (Å²) in [5.41, 5.74) is 6.30. The average Bonchev–Trinajstić information content (AvgIpc) is 2.58. The summed E-state index contributed by atoms with van der Waals surface area (Å²) in [6.45, 7) is 6.56. The first-order valence-electron chi connectivity index (χ1n) is 8.03.